The second-order valence-corrected chi connectivity index (χ2v) is 3.81. The van der Waals surface area contributed by atoms with Gasteiger partial charge in [0.05, 0.1) is 6.61 Å². The molecule has 0 radical (unpaired) electrons. The number of carbonyl (C=O) groups excluding carboxylic acids is 3. The van der Waals surface area contributed by atoms with Crippen LogP contribution >= 0.6 is 0 Å². The van der Waals surface area contributed by atoms with Gasteiger partial charge in [0, 0.05) is 12.3 Å². The van der Waals surface area contributed by atoms with Gasteiger partial charge in [-0.05, 0) is 26.7 Å². The van der Waals surface area contributed by atoms with E-state index in [4.69, 9.17) is 4.74 Å². The van der Waals surface area contributed by atoms with E-state index in [-0.39, 0.29) is 18.2 Å². The largest absolute Gasteiger partial charge is 0.465 e. The molecule has 0 aromatic carbocycles. The summed E-state index contributed by atoms with van der Waals surface area (Å²) in [5, 5.41) is 0. The van der Waals surface area contributed by atoms with Crippen LogP contribution in [0.3, 0.4) is 0 Å². The summed E-state index contributed by atoms with van der Waals surface area (Å²) in [5.74, 6) is -2.12. The summed E-state index contributed by atoms with van der Waals surface area (Å²) in [6.07, 6.45) is 1.88. The van der Waals surface area contributed by atoms with Gasteiger partial charge in [-0.3, -0.25) is 14.4 Å². The lowest BCUT2D eigenvalue weighted by atomic mass is 9.87. The van der Waals surface area contributed by atoms with E-state index >= 15 is 0 Å². The molecular formula is C11H16O4. The van der Waals surface area contributed by atoms with Crippen LogP contribution in [0.5, 0.6) is 0 Å². The molecule has 1 rings (SSSR count). The summed E-state index contributed by atoms with van der Waals surface area (Å²) in [4.78, 5) is 34.3. The minimum absolute atomic E-state index is 0.0169. The fourth-order valence-corrected chi connectivity index (χ4v) is 2.04. The first-order chi connectivity index (χ1) is 7.07. The van der Waals surface area contributed by atoms with Crippen molar-refractivity contribution >= 4 is 17.5 Å². The molecule has 1 saturated carbocycles. The molecule has 0 saturated heterocycles. The highest BCUT2D eigenvalue weighted by molar-refractivity contribution is 6.03. The van der Waals surface area contributed by atoms with Crippen LogP contribution in [0.2, 0.25) is 0 Å². The molecule has 0 bridgehead atoms. The van der Waals surface area contributed by atoms with Crippen LogP contribution in [0.15, 0.2) is 0 Å². The van der Waals surface area contributed by atoms with Gasteiger partial charge in [-0.2, -0.15) is 0 Å². The predicted molar refractivity (Wildman–Crippen MR) is 53.2 cm³/mol. The Morgan fingerprint density at radius 2 is 2.20 bits per heavy atom. The van der Waals surface area contributed by atoms with Crippen LogP contribution in [-0.4, -0.2) is 24.1 Å². The summed E-state index contributed by atoms with van der Waals surface area (Å²) >= 11 is 0. The van der Waals surface area contributed by atoms with Crippen molar-refractivity contribution in [2.24, 2.45) is 11.8 Å². The van der Waals surface area contributed by atoms with E-state index in [1.165, 1.54) is 6.92 Å². The number of rotatable bonds is 4. The predicted octanol–water partition coefficient (Wildman–Crippen LogP) is 1.12. The third kappa shape index (κ3) is 2.64. The zero-order chi connectivity index (χ0) is 11.4. The first-order valence-corrected chi connectivity index (χ1v) is 5.27. The van der Waals surface area contributed by atoms with Crippen LogP contribution in [0, 0.1) is 11.8 Å². The summed E-state index contributed by atoms with van der Waals surface area (Å²) in [6.45, 7) is 3.27. The van der Waals surface area contributed by atoms with Crippen molar-refractivity contribution in [2.45, 2.75) is 33.1 Å². The summed E-state index contributed by atoms with van der Waals surface area (Å²) < 4.78 is 4.81. The standard InChI is InChI=1S/C11H16O4/c1-3-15-11(14)10(7(2)12)8-5-4-6-9(8)13/h8,10H,3-6H2,1-2H3/t8-,10-/m1/s1. The van der Waals surface area contributed by atoms with Crippen molar-refractivity contribution in [1.29, 1.82) is 0 Å². The molecule has 1 aliphatic rings. The van der Waals surface area contributed by atoms with E-state index in [2.05, 4.69) is 0 Å². The molecule has 0 spiro atoms. The van der Waals surface area contributed by atoms with E-state index in [0.717, 1.165) is 6.42 Å². The van der Waals surface area contributed by atoms with Gasteiger partial charge in [0.25, 0.3) is 0 Å². The average Bonchev–Trinajstić information content (AvgIpc) is 2.52. The van der Waals surface area contributed by atoms with Gasteiger partial charge in [0.15, 0.2) is 0 Å². The first kappa shape index (κ1) is 11.9. The Morgan fingerprint density at radius 1 is 1.53 bits per heavy atom. The van der Waals surface area contributed by atoms with Crippen LogP contribution in [0.4, 0.5) is 0 Å². The van der Waals surface area contributed by atoms with Gasteiger partial charge in [0.2, 0.25) is 0 Å². The lowest BCUT2D eigenvalue weighted by molar-refractivity contribution is -0.155. The monoisotopic (exact) mass is 212 g/mol. The maximum Gasteiger partial charge on any atom is 0.317 e. The number of Topliss-reactive ketones (excluding diaryl/α,β-unsaturated/α-hetero) is 2. The number of esters is 1. The molecule has 4 nitrogen and oxygen atoms in total. The van der Waals surface area contributed by atoms with Crippen molar-refractivity contribution in [3.8, 4) is 0 Å². The van der Waals surface area contributed by atoms with Crippen LogP contribution in [0.25, 0.3) is 0 Å². The van der Waals surface area contributed by atoms with Crippen molar-refractivity contribution in [3.05, 3.63) is 0 Å². The van der Waals surface area contributed by atoms with Gasteiger partial charge in [-0.1, -0.05) is 0 Å². The molecule has 0 aliphatic heterocycles. The Hall–Kier alpha value is -1.19. The molecule has 84 valence electrons. The molecular weight excluding hydrogens is 196 g/mol. The summed E-state index contributed by atoms with van der Waals surface area (Å²) in [5.41, 5.74) is 0. The highest BCUT2D eigenvalue weighted by Crippen LogP contribution is 2.29. The quantitative estimate of drug-likeness (QED) is 0.517. The number of hydrogen-bond acceptors (Lipinski definition) is 4. The van der Waals surface area contributed by atoms with Gasteiger partial charge in [-0.25, -0.2) is 0 Å². The minimum atomic E-state index is -0.875. The van der Waals surface area contributed by atoms with Gasteiger partial charge >= 0.3 is 5.97 Å². The third-order valence-corrected chi connectivity index (χ3v) is 2.73. The van der Waals surface area contributed by atoms with E-state index in [9.17, 15) is 14.4 Å². The Labute approximate surface area is 89.0 Å². The Balaban J connectivity index is 2.77. The second-order valence-electron chi connectivity index (χ2n) is 3.81. The van der Waals surface area contributed by atoms with Crippen LogP contribution < -0.4 is 0 Å². The molecule has 1 aliphatic carbocycles. The number of ketones is 2. The van der Waals surface area contributed by atoms with Crippen LogP contribution in [0.1, 0.15) is 33.1 Å². The van der Waals surface area contributed by atoms with E-state index in [1.54, 1.807) is 6.92 Å². The fourth-order valence-electron chi connectivity index (χ4n) is 2.04. The zero-order valence-electron chi connectivity index (χ0n) is 9.12. The van der Waals surface area contributed by atoms with Crippen molar-refractivity contribution in [2.75, 3.05) is 6.61 Å². The highest BCUT2D eigenvalue weighted by Gasteiger charge is 2.40. The maximum atomic E-state index is 11.5. The zero-order valence-corrected chi connectivity index (χ0v) is 9.12. The molecule has 0 N–H and O–H groups in total. The Kier molecular flexibility index (Phi) is 4.00. The highest BCUT2D eigenvalue weighted by atomic mass is 16.5. The van der Waals surface area contributed by atoms with Crippen molar-refractivity contribution in [1.82, 2.24) is 0 Å². The SMILES string of the molecule is CCOC(=O)[C@H](C(C)=O)[C@@H]1CCCC1=O. The van der Waals surface area contributed by atoms with Crippen molar-refractivity contribution in [3.63, 3.8) is 0 Å². The third-order valence-electron chi connectivity index (χ3n) is 2.73. The lowest BCUT2D eigenvalue weighted by Crippen LogP contribution is -2.33. The smallest absolute Gasteiger partial charge is 0.317 e. The van der Waals surface area contributed by atoms with E-state index < -0.39 is 17.8 Å². The number of carbonyl (C=O) groups is 3. The molecule has 0 aromatic rings. The molecule has 4 heteroatoms. The second kappa shape index (κ2) is 5.05. The van der Waals surface area contributed by atoms with Gasteiger partial charge in [-0.15, -0.1) is 0 Å². The minimum Gasteiger partial charge on any atom is -0.465 e. The fraction of sp³-hybridized carbons (Fsp3) is 0.727. The average molecular weight is 212 g/mol. The molecule has 0 heterocycles. The maximum absolute atomic E-state index is 11.5. The lowest BCUT2D eigenvalue weighted by Gasteiger charge is -2.17. The van der Waals surface area contributed by atoms with E-state index in [1.807, 2.05) is 0 Å². The van der Waals surface area contributed by atoms with Crippen molar-refractivity contribution < 1.29 is 19.1 Å². The van der Waals surface area contributed by atoms with E-state index in [0.29, 0.717) is 12.8 Å². The molecule has 0 aromatic heterocycles. The molecule has 2 atom stereocenters. The molecule has 1 fully saturated rings. The molecule has 15 heavy (non-hydrogen) atoms. The summed E-state index contributed by atoms with van der Waals surface area (Å²) in [7, 11) is 0. The number of hydrogen-bond donors (Lipinski definition) is 0. The molecule has 0 unspecified atom stereocenters. The van der Waals surface area contributed by atoms with Gasteiger partial charge < -0.3 is 4.74 Å². The first-order valence-electron chi connectivity index (χ1n) is 5.27. The topological polar surface area (TPSA) is 60.4 Å². The number of ether oxygens (including phenoxy) is 1. The molecule has 0 amide bonds. The van der Waals surface area contributed by atoms with Crippen LogP contribution in [-0.2, 0) is 19.1 Å². The normalized spacial score (nSPS) is 22.5. The summed E-state index contributed by atoms with van der Waals surface area (Å²) in [6, 6.07) is 0. The Morgan fingerprint density at radius 3 is 2.60 bits per heavy atom. The van der Waals surface area contributed by atoms with Gasteiger partial charge in [0.1, 0.15) is 17.5 Å². The Bertz CT molecular complexity index is 282.